The van der Waals surface area contributed by atoms with Crippen molar-refractivity contribution in [2.75, 3.05) is 26.0 Å². The lowest BCUT2D eigenvalue weighted by molar-refractivity contribution is -0.148. The van der Waals surface area contributed by atoms with Gasteiger partial charge in [0.25, 0.3) is 5.91 Å². The highest BCUT2D eigenvalue weighted by Gasteiger charge is 2.42. The summed E-state index contributed by atoms with van der Waals surface area (Å²) in [7, 11) is -2.62. The van der Waals surface area contributed by atoms with Gasteiger partial charge in [0, 0.05) is 6.54 Å². The van der Waals surface area contributed by atoms with Crippen LogP contribution in [0, 0.1) is 11.7 Å². The monoisotopic (exact) mass is 418 g/mol. The van der Waals surface area contributed by atoms with Crippen LogP contribution in [0.15, 0.2) is 24.3 Å². The van der Waals surface area contributed by atoms with E-state index in [9.17, 15) is 22.4 Å². The average molecular weight is 418 g/mol. The number of sulfonamides is 1. The number of esters is 1. The van der Waals surface area contributed by atoms with E-state index in [1.807, 2.05) is 0 Å². The summed E-state index contributed by atoms with van der Waals surface area (Å²) in [5.41, 5.74) is 1.46. The Bertz CT molecular complexity index is 785. The van der Waals surface area contributed by atoms with Crippen LogP contribution in [-0.4, -0.2) is 61.9 Å². The van der Waals surface area contributed by atoms with Crippen LogP contribution >= 0.6 is 0 Å². The van der Waals surface area contributed by atoms with Crippen molar-refractivity contribution in [3.8, 4) is 5.75 Å². The lowest BCUT2D eigenvalue weighted by Gasteiger charge is -2.36. The Labute approximate surface area is 162 Å². The maximum absolute atomic E-state index is 12.8. The number of hydroxylamine groups is 1. The van der Waals surface area contributed by atoms with Crippen molar-refractivity contribution in [1.29, 1.82) is 0 Å². The van der Waals surface area contributed by atoms with Crippen molar-refractivity contribution < 1.29 is 37.1 Å². The first-order valence-electron chi connectivity index (χ1n) is 8.68. The fourth-order valence-corrected chi connectivity index (χ4v) is 4.72. The van der Waals surface area contributed by atoms with Crippen LogP contribution in [0.25, 0.3) is 0 Å². The predicted octanol–water partition coefficient (Wildman–Crippen LogP) is 0.683. The van der Waals surface area contributed by atoms with Crippen LogP contribution in [0.5, 0.6) is 5.75 Å². The average Bonchev–Trinajstić information content (AvgIpc) is 2.70. The van der Waals surface area contributed by atoms with Gasteiger partial charge >= 0.3 is 5.97 Å². The molecule has 1 aliphatic rings. The second-order valence-electron chi connectivity index (χ2n) is 6.32. The van der Waals surface area contributed by atoms with Crippen LogP contribution in [0.1, 0.15) is 19.3 Å². The van der Waals surface area contributed by atoms with E-state index in [-0.39, 0.29) is 38.2 Å². The molecule has 0 bridgehead atoms. The minimum Gasteiger partial charge on any atom is -0.494 e. The molecule has 156 valence electrons. The third kappa shape index (κ3) is 5.63. The lowest BCUT2D eigenvalue weighted by atomic mass is 9.92. The van der Waals surface area contributed by atoms with Crippen molar-refractivity contribution in [3.63, 3.8) is 0 Å². The molecule has 1 heterocycles. The summed E-state index contributed by atoms with van der Waals surface area (Å²) in [6.07, 6.45) is 0.279. The zero-order valence-electron chi connectivity index (χ0n) is 15.3. The highest BCUT2D eigenvalue weighted by Crippen LogP contribution is 2.27. The maximum atomic E-state index is 12.8. The first-order chi connectivity index (χ1) is 13.3. The Balaban J connectivity index is 1.96. The normalized spacial score (nSPS) is 20.4. The van der Waals surface area contributed by atoms with Gasteiger partial charge in [-0.2, -0.15) is 4.31 Å². The summed E-state index contributed by atoms with van der Waals surface area (Å²) in [4.78, 5) is 23.7. The Morgan fingerprint density at radius 1 is 1.32 bits per heavy atom. The fraction of sp³-hybridized carbons (Fsp3) is 0.529. The number of ether oxygens (including phenoxy) is 2. The van der Waals surface area contributed by atoms with E-state index in [4.69, 9.17) is 9.94 Å². The quantitative estimate of drug-likeness (QED) is 0.276. The van der Waals surface area contributed by atoms with Gasteiger partial charge in [-0.25, -0.2) is 18.3 Å². The van der Waals surface area contributed by atoms with Crippen molar-refractivity contribution >= 4 is 21.9 Å². The molecule has 0 saturated carbocycles. The number of carbonyl (C=O) groups excluding carboxylic acids is 2. The van der Waals surface area contributed by atoms with Gasteiger partial charge in [0.2, 0.25) is 10.0 Å². The summed E-state index contributed by atoms with van der Waals surface area (Å²) >= 11 is 0. The third-order valence-corrected chi connectivity index (χ3v) is 6.44. The number of halogens is 1. The molecular formula is C17H23FN2O7S. The molecule has 1 aromatic rings. The smallest absolute Gasteiger partial charge is 0.308 e. The third-order valence-electron chi connectivity index (χ3n) is 4.49. The van der Waals surface area contributed by atoms with E-state index in [2.05, 4.69) is 4.74 Å². The molecule has 9 nitrogen and oxygen atoms in total. The van der Waals surface area contributed by atoms with Crippen LogP contribution in [0.3, 0.4) is 0 Å². The van der Waals surface area contributed by atoms with Gasteiger partial charge in [0.15, 0.2) is 0 Å². The highest BCUT2D eigenvalue weighted by atomic mass is 32.2. The SMILES string of the molecule is COC(=O)[C@@H]1CCN(S(=O)(=O)CCCOc2ccc(F)cc2)[C@@H](C(=O)NO)C1. The standard InChI is InChI=1S/C17H23FN2O7S/c1-26-17(22)12-7-8-20(15(11-12)16(21)19-23)28(24,25)10-2-9-27-14-5-3-13(18)4-6-14/h3-6,12,15,23H,2,7-11H2,1H3,(H,19,21)/t12-,15-/m1/s1. The topological polar surface area (TPSA) is 122 Å². The van der Waals surface area contributed by atoms with E-state index in [1.165, 1.54) is 36.9 Å². The first kappa shape index (κ1) is 22.1. The number of piperidine rings is 1. The Hall–Kier alpha value is -2.24. The fourth-order valence-electron chi connectivity index (χ4n) is 3.05. The molecule has 2 atom stereocenters. The summed E-state index contributed by atoms with van der Waals surface area (Å²) in [5, 5.41) is 8.93. The molecule has 0 aliphatic carbocycles. The summed E-state index contributed by atoms with van der Waals surface area (Å²) in [6.45, 7) is 0.0410. The van der Waals surface area contributed by atoms with Gasteiger partial charge in [0.1, 0.15) is 17.6 Å². The van der Waals surface area contributed by atoms with Crippen molar-refractivity contribution in [2.24, 2.45) is 5.92 Å². The molecular weight excluding hydrogens is 395 g/mol. The summed E-state index contributed by atoms with van der Waals surface area (Å²) in [6, 6.07) is 4.13. The van der Waals surface area contributed by atoms with E-state index >= 15 is 0 Å². The molecule has 2 N–H and O–H groups in total. The molecule has 0 aromatic heterocycles. The largest absolute Gasteiger partial charge is 0.494 e. The van der Waals surface area contributed by atoms with Gasteiger partial charge < -0.3 is 9.47 Å². The Morgan fingerprint density at radius 2 is 2.00 bits per heavy atom. The Morgan fingerprint density at radius 3 is 2.61 bits per heavy atom. The van der Waals surface area contributed by atoms with Gasteiger partial charge in [-0.05, 0) is 43.5 Å². The van der Waals surface area contributed by atoms with E-state index in [0.29, 0.717) is 5.75 Å². The molecule has 1 aliphatic heterocycles. The minimum atomic E-state index is -3.84. The van der Waals surface area contributed by atoms with Crippen molar-refractivity contribution in [1.82, 2.24) is 9.79 Å². The second-order valence-corrected chi connectivity index (χ2v) is 8.36. The number of nitrogens with zero attached hydrogens (tertiary/aromatic N) is 1. The Kier molecular flexibility index (Phi) is 7.72. The molecule has 11 heteroatoms. The number of benzene rings is 1. The molecule has 1 amide bonds. The van der Waals surface area contributed by atoms with Gasteiger partial charge in [-0.15, -0.1) is 0 Å². The zero-order chi connectivity index (χ0) is 20.7. The molecule has 1 saturated heterocycles. The van der Waals surface area contributed by atoms with Gasteiger partial charge in [-0.3, -0.25) is 14.8 Å². The van der Waals surface area contributed by atoms with Crippen LogP contribution in [0.2, 0.25) is 0 Å². The van der Waals surface area contributed by atoms with Crippen molar-refractivity contribution in [2.45, 2.75) is 25.3 Å². The van der Waals surface area contributed by atoms with Gasteiger partial charge in [-0.1, -0.05) is 0 Å². The molecule has 0 radical (unpaired) electrons. The number of hydrogen-bond acceptors (Lipinski definition) is 7. The number of methoxy groups -OCH3 is 1. The molecule has 0 spiro atoms. The number of carbonyl (C=O) groups is 2. The first-order valence-corrected chi connectivity index (χ1v) is 10.3. The molecule has 0 unspecified atom stereocenters. The van der Waals surface area contributed by atoms with Crippen molar-refractivity contribution in [3.05, 3.63) is 30.1 Å². The molecule has 1 aromatic carbocycles. The van der Waals surface area contributed by atoms with E-state index in [1.54, 1.807) is 0 Å². The number of rotatable bonds is 8. The summed E-state index contributed by atoms with van der Waals surface area (Å²) in [5.74, 6) is -2.33. The van der Waals surface area contributed by atoms with Gasteiger partial charge in [0.05, 0.1) is 25.4 Å². The van der Waals surface area contributed by atoms with Crippen LogP contribution < -0.4 is 10.2 Å². The van der Waals surface area contributed by atoms with Crippen LogP contribution in [-0.2, 0) is 24.3 Å². The number of hydrogen-bond donors (Lipinski definition) is 2. The second kappa shape index (κ2) is 9.80. The minimum absolute atomic E-state index is 0.0427. The molecule has 28 heavy (non-hydrogen) atoms. The molecule has 2 rings (SSSR count). The molecule has 1 fully saturated rings. The lowest BCUT2D eigenvalue weighted by Crippen LogP contribution is -2.54. The predicted molar refractivity (Wildman–Crippen MR) is 95.5 cm³/mol. The van der Waals surface area contributed by atoms with E-state index in [0.717, 1.165) is 4.31 Å². The highest BCUT2D eigenvalue weighted by molar-refractivity contribution is 7.89. The van der Waals surface area contributed by atoms with Crippen LogP contribution in [0.4, 0.5) is 4.39 Å². The van der Waals surface area contributed by atoms with E-state index < -0.39 is 39.7 Å². The number of nitrogens with one attached hydrogen (secondary N) is 1. The maximum Gasteiger partial charge on any atom is 0.308 e. The zero-order valence-corrected chi connectivity index (χ0v) is 16.2. The summed E-state index contributed by atoms with van der Waals surface area (Å²) < 4.78 is 49.2. The number of amides is 1.